The number of hydrogen-bond acceptors (Lipinski definition) is 7. The largest absolute Gasteiger partial charge is 0.507 e. The van der Waals surface area contributed by atoms with E-state index in [4.69, 9.17) is 9.47 Å². The third-order valence-corrected chi connectivity index (χ3v) is 6.30. The van der Waals surface area contributed by atoms with E-state index in [0.29, 0.717) is 36.5 Å². The Labute approximate surface area is 220 Å². The highest BCUT2D eigenvalue weighted by Gasteiger charge is 2.46. The summed E-state index contributed by atoms with van der Waals surface area (Å²) in [6, 6.07) is 19.2. The zero-order valence-electron chi connectivity index (χ0n) is 21.1. The van der Waals surface area contributed by atoms with Crippen LogP contribution in [0.3, 0.4) is 0 Å². The molecular formula is C29H28N2O7. The number of ketones is 1. The molecule has 1 N–H and O–H groups in total. The summed E-state index contributed by atoms with van der Waals surface area (Å²) in [4.78, 5) is 38.3. The van der Waals surface area contributed by atoms with Crippen LogP contribution in [0, 0.1) is 17.0 Å². The number of hydrogen-bond donors (Lipinski definition) is 1. The Kier molecular flexibility index (Phi) is 8.18. The predicted octanol–water partition coefficient (Wildman–Crippen LogP) is 4.94. The van der Waals surface area contributed by atoms with Crippen molar-refractivity contribution in [3.05, 3.63) is 111 Å². The van der Waals surface area contributed by atoms with Gasteiger partial charge in [-0.15, -0.1) is 0 Å². The van der Waals surface area contributed by atoms with Crippen LogP contribution < -0.4 is 4.74 Å². The van der Waals surface area contributed by atoms with Crippen LogP contribution in [0.2, 0.25) is 0 Å². The number of carbonyl (C=O) groups excluding carboxylic acids is 2. The molecule has 38 heavy (non-hydrogen) atoms. The van der Waals surface area contributed by atoms with Gasteiger partial charge < -0.3 is 19.5 Å². The summed E-state index contributed by atoms with van der Waals surface area (Å²) >= 11 is 0. The normalized spacial score (nSPS) is 16.6. The van der Waals surface area contributed by atoms with Gasteiger partial charge in [0.05, 0.1) is 16.5 Å². The van der Waals surface area contributed by atoms with Gasteiger partial charge in [0, 0.05) is 38.0 Å². The Balaban J connectivity index is 1.67. The van der Waals surface area contributed by atoms with Crippen molar-refractivity contribution >= 4 is 23.1 Å². The quantitative estimate of drug-likeness (QED) is 0.101. The number of non-ortho nitro benzene ring substituents is 1. The number of aryl methyl sites for hydroxylation is 1. The third-order valence-electron chi connectivity index (χ3n) is 6.30. The third kappa shape index (κ3) is 5.73. The van der Waals surface area contributed by atoms with Gasteiger partial charge in [0.15, 0.2) is 0 Å². The Morgan fingerprint density at radius 2 is 1.79 bits per heavy atom. The fourth-order valence-corrected chi connectivity index (χ4v) is 4.48. The van der Waals surface area contributed by atoms with Crippen LogP contribution in [0.1, 0.15) is 34.7 Å². The summed E-state index contributed by atoms with van der Waals surface area (Å²) in [5.74, 6) is -1.42. The van der Waals surface area contributed by atoms with E-state index < -0.39 is 22.7 Å². The molecule has 9 nitrogen and oxygen atoms in total. The van der Waals surface area contributed by atoms with Gasteiger partial charge in [-0.3, -0.25) is 19.7 Å². The maximum Gasteiger partial charge on any atom is 0.295 e. The molecule has 0 radical (unpaired) electrons. The molecule has 1 amide bonds. The van der Waals surface area contributed by atoms with E-state index in [-0.39, 0.29) is 23.6 Å². The van der Waals surface area contributed by atoms with Gasteiger partial charge in [0.2, 0.25) is 0 Å². The first kappa shape index (κ1) is 26.6. The molecule has 1 aliphatic heterocycles. The number of nitro groups is 1. The molecule has 1 heterocycles. The fraction of sp³-hybridized carbons (Fsp3) is 0.241. The van der Waals surface area contributed by atoms with E-state index in [1.807, 2.05) is 31.2 Å². The molecule has 3 aromatic carbocycles. The van der Waals surface area contributed by atoms with E-state index in [9.17, 15) is 24.8 Å². The number of aliphatic hydroxyl groups is 1. The average Bonchev–Trinajstić information content (AvgIpc) is 3.17. The van der Waals surface area contributed by atoms with Crippen molar-refractivity contribution in [3.8, 4) is 5.75 Å². The minimum atomic E-state index is -0.982. The van der Waals surface area contributed by atoms with Crippen molar-refractivity contribution in [1.82, 2.24) is 4.90 Å². The number of benzene rings is 3. The van der Waals surface area contributed by atoms with Crippen LogP contribution in [-0.2, 0) is 20.9 Å². The van der Waals surface area contributed by atoms with Gasteiger partial charge in [-0.05, 0) is 48.7 Å². The zero-order chi connectivity index (χ0) is 27.2. The summed E-state index contributed by atoms with van der Waals surface area (Å²) in [5.41, 5.74) is 2.51. The highest BCUT2D eigenvalue weighted by atomic mass is 16.6. The molecule has 0 spiro atoms. The number of ether oxygens (including phenoxy) is 2. The second-order valence-electron chi connectivity index (χ2n) is 8.99. The maximum atomic E-state index is 13.1. The highest BCUT2D eigenvalue weighted by molar-refractivity contribution is 6.46. The van der Waals surface area contributed by atoms with Gasteiger partial charge in [-0.25, -0.2) is 0 Å². The summed E-state index contributed by atoms with van der Waals surface area (Å²) in [5, 5.41) is 22.6. The van der Waals surface area contributed by atoms with Crippen LogP contribution in [0.4, 0.5) is 5.69 Å². The van der Waals surface area contributed by atoms with Crippen molar-refractivity contribution in [2.24, 2.45) is 0 Å². The van der Waals surface area contributed by atoms with Gasteiger partial charge >= 0.3 is 0 Å². The Hall–Kier alpha value is -4.50. The molecule has 9 heteroatoms. The highest BCUT2D eigenvalue weighted by Crippen LogP contribution is 2.40. The van der Waals surface area contributed by atoms with E-state index >= 15 is 0 Å². The van der Waals surface area contributed by atoms with Gasteiger partial charge in [0.1, 0.15) is 18.1 Å². The number of aliphatic hydroxyl groups excluding tert-OH is 1. The second-order valence-corrected chi connectivity index (χ2v) is 8.99. The van der Waals surface area contributed by atoms with Crippen molar-refractivity contribution in [3.63, 3.8) is 0 Å². The standard InChI is InChI=1S/C29H28N2O7/c1-19-6-3-7-20(16-19)18-38-24-12-10-21(11-13-24)27(32)25-26(22-8-4-9-23(17-22)31(35)36)30(14-5-15-37-2)29(34)28(25)33/h3-4,6-13,16-17,26,32H,5,14-15,18H2,1-2H3/b27-25+. The summed E-state index contributed by atoms with van der Waals surface area (Å²) < 4.78 is 10.9. The molecular weight excluding hydrogens is 488 g/mol. The molecule has 196 valence electrons. The first-order valence-corrected chi connectivity index (χ1v) is 12.1. The van der Waals surface area contributed by atoms with Crippen LogP contribution in [0.15, 0.2) is 78.4 Å². The number of nitrogens with zero attached hydrogens (tertiary/aromatic N) is 2. The number of likely N-dealkylation sites (tertiary alicyclic amines) is 1. The SMILES string of the molecule is COCCCN1C(=O)C(=O)/C(=C(/O)c2ccc(OCc3cccc(C)c3)cc2)C1c1cccc([N+](=O)[O-])c1. The number of amides is 1. The van der Waals surface area contributed by atoms with Crippen molar-refractivity contribution < 1.29 is 29.1 Å². The molecule has 1 aliphatic rings. The number of methoxy groups -OCH3 is 1. The maximum absolute atomic E-state index is 13.1. The number of rotatable bonds is 10. The van der Waals surface area contributed by atoms with Gasteiger partial charge in [0.25, 0.3) is 17.4 Å². The molecule has 1 saturated heterocycles. The lowest BCUT2D eigenvalue weighted by Crippen LogP contribution is -2.31. The molecule has 0 aliphatic carbocycles. The molecule has 1 unspecified atom stereocenters. The summed E-state index contributed by atoms with van der Waals surface area (Å²) in [6.07, 6.45) is 0.446. The topological polar surface area (TPSA) is 119 Å². The predicted molar refractivity (Wildman–Crippen MR) is 141 cm³/mol. The zero-order valence-corrected chi connectivity index (χ0v) is 21.1. The minimum absolute atomic E-state index is 0.124. The fourth-order valence-electron chi connectivity index (χ4n) is 4.48. The first-order valence-electron chi connectivity index (χ1n) is 12.1. The lowest BCUT2D eigenvalue weighted by atomic mass is 9.95. The van der Waals surface area contributed by atoms with Crippen LogP contribution in [0.25, 0.3) is 5.76 Å². The lowest BCUT2D eigenvalue weighted by molar-refractivity contribution is -0.384. The monoisotopic (exact) mass is 516 g/mol. The molecule has 3 aromatic rings. The van der Waals surface area contributed by atoms with E-state index in [0.717, 1.165) is 11.1 Å². The van der Waals surface area contributed by atoms with E-state index in [1.54, 1.807) is 30.3 Å². The van der Waals surface area contributed by atoms with Crippen LogP contribution >= 0.6 is 0 Å². The van der Waals surface area contributed by atoms with Crippen LogP contribution in [0.5, 0.6) is 5.75 Å². The molecule has 0 aromatic heterocycles. The van der Waals surface area contributed by atoms with Crippen molar-refractivity contribution in [2.75, 3.05) is 20.3 Å². The molecule has 0 saturated carbocycles. The Morgan fingerprint density at radius 1 is 1.05 bits per heavy atom. The lowest BCUT2D eigenvalue weighted by Gasteiger charge is -2.25. The first-order chi connectivity index (χ1) is 18.3. The molecule has 1 atom stereocenters. The van der Waals surface area contributed by atoms with E-state index in [1.165, 1.54) is 30.2 Å². The summed E-state index contributed by atoms with van der Waals surface area (Å²) in [7, 11) is 1.53. The van der Waals surface area contributed by atoms with Crippen molar-refractivity contribution in [1.29, 1.82) is 0 Å². The van der Waals surface area contributed by atoms with Gasteiger partial charge in [-0.1, -0.05) is 42.0 Å². The Morgan fingerprint density at radius 3 is 2.47 bits per heavy atom. The van der Waals surface area contributed by atoms with Gasteiger partial charge in [-0.2, -0.15) is 0 Å². The number of Topliss-reactive ketones (excluding diaryl/α,β-unsaturated/α-hetero) is 1. The Bertz CT molecular complexity index is 1380. The molecule has 4 rings (SSSR count). The van der Waals surface area contributed by atoms with E-state index in [2.05, 4.69) is 0 Å². The number of nitro benzene ring substituents is 1. The molecule has 1 fully saturated rings. The average molecular weight is 517 g/mol. The molecule has 0 bridgehead atoms. The van der Waals surface area contributed by atoms with Crippen molar-refractivity contribution in [2.45, 2.75) is 26.0 Å². The minimum Gasteiger partial charge on any atom is -0.507 e. The van der Waals surface area contributed by atoms with Crippen LogP contribution in [-0.4, -0.2) is 46.9 Å². The summed E-state index contributed by atoms with van der Waals surface area (Å²) in [6.45, 7) is 2.90. The second kappa shape index (κ2) is 11.7. The number of carbonyl (C=O) groups is 2. The smallest absolute Gasteiger partial charge is 0.295 e.